The van der Waals surface area contributed by atoms with Crippen LogP contribution in [0, 0.1) is 11.3 Å². The van der Waals surface area contributed by atoms with Gasteiger partial charge in [-0.25, -0.2) is 0 Å². The van der Waals surface area contributed by atoms with Gasteiger partial charge in [-0.3, -0.25) is 0 Å². The van der Waals surface area contributed by atoms with Crippen molar-refractivity contribution < 1.29 is 4.52 Å². The van der Waals surface area contributed by atoms with E-state index in [1.807, 2.05) is 42.0 Å². The van der Waals surface area contributed by atoms with Crippen molar-refractivity contribution >= 4 is 10.9 Å². The van der Waals surface area contributed by atoms with Gasteiger partial charge in [0.1, 0.15) is 6.54 Å². The highest BCUT2D eigenvalue weighted by atomic mass is 16.5. The SMILES string of the molecule is CCc1noc(Cn2ccc3c(C#N)cccc32)n1. The van der Waals surface area contributed by atoms with Gasteiger partial charge in [0.15, 0.2) is 5.82 Å². The van der Waals surface area contributed by atoms with Crippen molar-refractivity contribution in [2.75, 3.05) is 0 Å². The summed E-state index contributed by atoms with van der Waals surface area (Å²) in [5, 5.41) is 13.9. The van der Waals surface area contributed by atoms with E-state index in [-0.39, 0.29) is 0 Å². The molecule has 19 heavy (non-hydrogen) atoms. The maximum absolute atomic E-state index is 9.07. The minimum absolute atomic E-state index is 0.519. The first-order valence-electron chi connectivity index (χ1n) is 6.11. The third kappa shape index (κ3) is 1.97. The Hall–Kier alpha value is -2.61. The molecule has 0 aliphatic rings. The molecule has 0 saturated heterocycles. The Labute approximate surface area is 110 Å². The first-order valence-corrected chi connectivity index (χ1v) is 6.11. The van der Waals surface area contributed by atoms with Crippen LogP contribution in [0.3, 0.4) is 0 Å². The molecule has 3 aromatic rings. The normalized spacial score (nSPS) is 10.7. The molecule has 0 aliphatic carbocycles. The zero-order chi connectivity index (χ0) is 13.2. The van der Waals surface area contributed by atoms with E-state index in [0.29, 0.717) is 23.8 Å². The summed E-state index contributed by atoms with van der Waals surface area (Å²) >= 11 is 0. The number of aromatic nitrogens is 3. The molecule has 2 heterocycles. The lowest BCUT2D eigenvalue weighted by molar-refractivity contribution is 0.368. The summed E-state index contributed by atoms with van der Waals surface area (Å²) in [5.41, 5.74) is 1.67. The number of fused-ring (bicyclic) bond motifs is 1. The summed E-state index contributed by atoms with van der Waals surface area (Å²) in [6.45, 7) is 2.50. The van der Waals surface area contributed by atoms with Crippen LogP contribution in [-0.4, -0.2) is 14.7 Å². The van der Waals surface area contributed by atoms with Crippen LogP contribution in [0.1, 0.15) is 24.2 Å². The molecule has 0 amide bonds. The van der Waals surface area contributed by atoms with Gasteiger partial charge in [-0.05, 0) is 18.2 Å². The van der Waals surface area contributed by atoms with E-state index >= 15 is 0 Å². The van der Waals surface area contributed by atoms with Crippen LogP contribution in [0.5, 0.6) is 0 Å². The number of benzene rings is 1. The summed E-state index contributed by atoms with van der Waals surface area (Å²) in [5.74, 6) is 1.29. The molecule has 0 N–H and O–H groups in total. The number of hydrogen-bond acceptors (Lipinski definition) is 4. The molecule has 5 nitrogen and oxygen atoms in total. The van der Waals surface area contributed by atoms with Gasteiger partial charge in [-0.2, -0.15) is 10.2 Å². The van der Waals surface area contributed by atoms with Gasteiger partial charge in [-0.1, -0.05) is 18.1 Å². The number of rotatable bonds is 3. The van der Waals surface area contributed by atoms with Crippen molar-refractivity contribution in [3.8, 4) is 6.07 Å². The number of hydrogen-bond donors (Lipinski definition) is 0. The molecule has 0 aliphatic heterocycles. The standard InChI is InChI=1S/C14H12N4O/c1-2-13-16-14(19-17-13)9-18-7-6-11-10(8-15)4-3-5-12(11)18/h3-7H,2,9H2,1H3. The predicted molar refractivity (Wildman–Crippen MR) is 69.4 cm³/mol. The molecule has 3 rings (SSSR count). The van der Waals surface area contributed by atoms with Crippen molar-refractivity contribution in [1.82, 2.24) is 14.7 Å². The van der Waals surface area contributed by atoms with Gasteiger partial charge < -0.3 is 9.09 Å². The minimum Gasteiger partial charge on any atom is -0.338 e. The fourth-order valence-corrected chi connectivity index (χ4v) is 2.10. The molecule has 0 fully saturated rings. The second kappa shape index (κ2) is 4.58. The van der Waals surface area contributed by atoms with Crippen LogP contribution in [0.4, 0.5) is 0 Å². The highest BCUT2D eigenvalue weighted by Gasteiger charge is 2.09. The van der Waals surface area contributed by atoms with Gasteiger partial charge in [0.25, 0.3) is 0 Å². The molecule has 2 aromatic heterocycles. The molecule has 0 saturated carbocycles. The van der Waals surface area contributed by atoms with E-state index in [1.165, 1.54) is 0 Å². The van der Waals surface area contributed by atoms with Gasteiger partial charge in [-0.15, -0.1) is 0 Å². The van der Waals surface area contributed by atoms with E-state index in [0.717, 1.165) is 17.3 Å². The van der Waals surface area contributed by atoms with Crippen LogP contribution in [0.25, 0.3) is 10.9 Å². The van der Waals surface area contributed by atoms with Gasteiger partial charge in [0, 0.05) is 23.5 Å². The summed E-state index contributed by atoms with van der Waals surface area (Å²) in [6, 6.07) is 9.80. The van der Waals surface area contributed by atoms with E-state index in [2.05, 4.69) is 16.2 Å². The fraction of sp³-hybridized carbons (Fsp3) is 0.214. The van der Waals surface area contributed by atoms with Crippen LogP contribution in [0.15, 0.2) is 35.0 Å². The van der Waals surface area contributed by atoms with E-state index in [4.69, 9.17) is 9.78 Å². The Balaban J connectivity index is 2.00. The molecule has 1 aromatic carbocycles. The summed E-state index contributed by atoms with van der Waals surface area (Å²) < 4.78 is 7.19. The Morgan fingerprint density at radius 1 is 1.37 bits per heavy atom. The third-order valence-corrected chi connectivity index (χ3v) is 3.07. The van der Waals surface area contributed by atoms with Gasteiger partial charge in [0.05, 0.1) is 11.6 Å². The average molecular weight is 252 g/mol. The smallest absolute Gasteiger partial charge is 0.246 e. The molecule has 0 unspecified atom stereocenters. The van der Waals surface area contributed by atoms with Crippen molar-refractivity contribution in [1.29, 1.82) is 5.26 Å². The molecule has 94 valence electrons. The fourth-order valence-electron chi connectivity index (χ4n) is 2.10. The van der Waals surface area contributed by atoms with Gasteiger partial charge >= 0.3 is 0 Å². The summed E-state index contributed by atoms with van der Waals surface area (Å²) in [6.07, 6.45) is 2.69. The summed E-state index contributed by atoms with van der Waals surface area (Å²) in [4.78, 5) is 4.29. The minimum atomic E-state index is 0.519. The first-order chi connectivity index (χ1) is 9.31. The lowest BCUT2D eigenvalue weighted by Gasteiger charge is -2.01. The second-order valence-electron chi connectivity index (χ2n) is 4.25. The lowest BCUT2D eigenvalue weighted by Crippen LogP contribution is -1.98. The van der Waals surface area contributed by atoms with Crippen LogP contribution >= 0.6 is 0 Å². The molecule has 0 spiro atoms. The second-order valence-corrected chi connectivity index (χ2v) is 4.25. The lowest BCUT2D eigenvalue weighted by atomic mass is 10.1. The molecular formula is C14H12N4O. The quantitative estimate of drug-likeness (QED) is 0.718. The van der Waals surface area contributed by atoms with Crippen molar-refractivity contribution in [2.45, 2.75) is 19.9 Å². The molecule has 5 heteroatoms. The average Bonchev–Trinajstić information content (AvgIpc) is 3.06. The largest absolute Gasteiger partial charge is 0.338 e. The maximum Gasteiger partial charge on any atom is 0.246 e. The monoisotopic (exact) mass is 252 g/mol. The first kappa shape index (κ1) is 11.5. The molecule has 0 radical (unpaired) electrons. The number of nitrogens with zero attached hydrogens (tertiary/aromatic N) is 4. The molecule has 0 atom stereocenters. The Kier molecular flexibility index (Phi) is 2.76. The number of nitriles is 1. The Morgan fingerprint density at radius 3 is 3.00 bits per heavy atom. The molecular weight excluding hydrogens is 240 g/mol. The van der Waals surface area contributed by atoms with Gasteiger partial charge in [0.2, 0.25) is 5.89 Å². The predicted octanol–water partition coefficient (Wildman–Crippen LogP) is 2.51. The van der Waals surface area contributed by atoms with E-state index in [9.17, 15) is 0 Å². The van der Waals surface area contributed by atoms with Crippen LogP contribution in [-0.2, 0) is 13.0 Å². The third-order valence-electron chi connectivity index (χ3n) is 3.07. The van der Waals surface area contributed by atoms with Crippen molar-refractivity contribution in [3.05, 3.63) is 47.7 Å². The zero-order valence-electron chi connectivity index (χ0n) is 10.5. The zero-order valence-corrected chi connectivity index (χ0v) is 10.5. The van der Waals surface area contributed by atoms with Crippen molar-refractivity contribution in [2.24, 2.45) is 0 Å². The topological polar surface area (TPSA) is 67.6 Å². The molecule has 0 bridgehead atoms. The van der Waals surface area contributed by atoms with E-state index in [1.54, 1.807) is 0 Å². The number of aryl methyl sites for hydroxylation is 1. The highest BCUT2D eigenvalue weighted by Crippen LogP contribution is 2.20. The van der Waals surface area contributed by atoms with Crippen molar-refractivity contribution in [3.63, 3.8) is 0 Å². The Morgan fingerprint density at radius 2 is 2.26 bits per heavy atom. The maximum atomic E-state index is 9.07. The van der Waals surface area contributed by atoms with Crippen LogP contribution < -0.4 is 0 Å². The Bertz CT molecular complexity index is 763. The highest BCUT2D eigenvalue weighted by molar-refractivity contribution is 5.86. The van der Waals surface area contributed by atoms with E-state index < -0.39 is 0 Å². The summed E-state index contributed by atoms with van der Waals surface area (Å²) in [7, 11) is 0. The van der Waals surface area contributed by atoms with Crippen LogP contribution in [0.2, 0.25) is 0 Å².